The van der Waals surface area contributed by atoms with Gasteiger partial charge in [0, 0.05) is 17.5 Å². The van der Waals surface area contributed by atoms with Gasteiger partial charge in [-0.3, -0.25) is 9.59 Å². The third-order valence-electron chi connectivity index (χ3n) is 3.76. The van der Waals surface area contributed by atoms with Crippen molar-refractivity contribution >= 4 is 33.5 Å². The lowest BCUT2D eigenvalue weighted by Gasteiger charge is -2.36. The van der Waals surface area contributed by atoms with Crippen molar-refractivity contribution in [3.8, 4) is 0 Å². The van der Waals surface area contributed by atoms with Crippen molar-refractivity contribution in [3.05, 3.63) is 0 Å². The minimum absolute atomic E-state index is 0.309. The second-order valence-electron chi connectivity index (χ2n) is 5.23. The summed E-state index contributed by atoms with van der Waals surface area (Å²) in [6, 6.07) is -0.241. The molecular formula is C13H23NO4S2. The number of hydrogen-bond donors (Lipinski definition) is 3. The van der Waals surface area contributed by atoms with Crippen LogP contribution in [0, 0.1) is 11.8 Å². The number of carboxylic acids is 2. The summed E-state index contributed by atoms with van der Waals surface area (Å²) in [6.07, 6.45) is 2.80. The van der Waals surface area contributed by atoms with Gasteiger partial charge in [0.25, 0.3) is 0 Å². The molecule has 0 aromatic heterocycles. The smallest absolute Gasteiger partial charge is 0.321 e. The maximum Gasteiger partial charge on any atom is 0.321 e. The molecule has 0 radical (unpaired) electrons. The highest BCUT2D eigenvalue weighted by molar-refractivity contribution is 8.76. The predicted molar refractivity (Wildman–Crippen MR) is 83.1 cm³/mol. The van der Waals surface area contributed by atoms with Gasteiger partial charge in [0.2, 0.25) is 0 Å². The van der Waals surface area contributed by atoms with Gasteiger partial charge in [0.05, 0.1) is 5.92 Å². The van der Waals surface area contributed by atoms with Crippen LogP contribution in [0.15, 0.2) is 0 Å². The largest absolute Gasteiger partial charge is 0.481 e. The molecule has 4 atom stereocenters. The summed E-state index contributed by atoms with van der Waals surface area (Å²) < 4.78 is 0. The Morgan fingerprint density at radius 2 is 1.85 bits per heavy atom. The zero-order chi connectivity index (χ0) is 15.1. The van der Waals surface area contributed by atoms with Gasteiger partial charge in [0.15, 0.2) is 0 Å². The maximum absolute atomic E-state index is 11.2. The Kier molecular flexibility index (Phi) is 7.76. The number of carboxylic acid groups (broad SMARTS) is 2. The molecule has 0 bridgehead atoms. The SMILES string of the molecule is CC[C@@H](CSSC[C@@H](NC1CCC1C)C(=O)O)C(=O)O. The molecule has 0 aromatic carbocycles. The minimum Gasteiger partial charge on any atom is -0.481 e. The van der Waals surface area contributed by atoms with Crippen LogP contribution in [0.1, 0.15) is 33.1 Å². The average Bonchev–Trinajstić information content (AvgIpc) is 2.39. The topological polar surface area (TPSA) is 86.6 Å². The highest BCUT2D eigenvalue weighted by atomic mass is 33.1. The van der Waals surface area contributed by atoms with Crippen molar-refractivity contribution in [1.29, 1.82) is 0 Å². The van der Waals surface area contributed by atoms with E-state index in [0.717, 1.165) is 12.8 Å². The molecule has 1 aliphatic carbocycles. The Labute approximate surface area is 127 Å². The molecular weight excluding hydrogens is 298 g/mol. The fraction of sp³-hybridized carbons (Fsp3) is 0.846. The summed E-state index contributed by atoms with van der Waals surface area (Å²) in [5, 5.41) is 21.3. The molecule has 2 unspecified atom stereocenters. The quantitative estimate of drug-likeness (QED) is 0.420. The molecule has 0 heterocycles. The van der Waals surface area contributed by atoms with Gasteiger partial charge in [-0.05, 0) is 25.2 Å². The van der Waals surface area contributed by atoms with Crippen molar-refractivity contribution in [3.63, 3.8) is 0 Å². The molecule has 7 heteroatoms. The molecule has 0 amide bonds. The lowest BCUT2D eigenvalue weighted by atomic mass is 9.81. The Bertz CT molecular complexity index is 340. The number of nitrogens with one attached hydrogen (secondary N) is 1. The lowest BCUT2D eigenvalue weighted by molar-refractivity contribution is -0.141. The van der Waals surface area contributed by atoms with Gasteiger partial charge in [-0.2, -0.15) is 0 Å². The Hall–Kier alpha value is -0.400. The Balaban J connectivity index is 2.25. The molecule has 20 heavy (non-hydrogen) atoms. The summed E-state index contributed by atoms with van der Waals surface area (Å²) in [5.41, 5.74) is 0. The van der Waals surface area contributed by atoms with Gasteiger partial charge >= 0.3 is 11.9 Å². The fourth-order valence-electron chi connectivity index (χ4n) is 1.97. The number of carbonyl (C=O) groups is 2. The van der Waals surface area contributed by atoms with E-state index in [2.05, 4.69) is 12.2 Å². The summed E-state index contributed by atoms with van der Waals surface area (Å²) in [7, 11) is 2.88. The van der Waals surface area contributed by atoms with E-state index in [-0.39, 0.29) is 5.92 Å². The van der Waals surface area contributed by atoms with Crippen LogP contribution >= 0.6 is 21.6 Å². The lowest BCUT2D eigenvalue weighted by Crippen LogP contribution is -2.51. The molecule has 0 saturated heterocycles. The standard InChI is InChI=1S/C13H23NO4S2/c1-3-9(12(15)16)6-19-20-7-11(13(17)18)14-10-5-4-8(10)2/h8-11,14H,3-7H2,1-2H3,(H,15,16)(H,17,18)/t8?,9-,10?,11+/m0/s1. The van der Waals surface area contributed by atoms with E-state index in [1.807, 2.05) is 6.92 Å². The van der Waals surface area contributed by atoms with Crippen molar-refractivity contribution in [2.45, 2.75) is 45.2 Å². The monoisotopic (exact) mass is 321 g/mol. The zero-order valence-electron chi connectivity index (χ0n) is 11.9. The molecule has 3 N–H and O–H groups in total. The summed E-state index contributed by atoms with van der Waals surface area (Å²) in [6.45, 7) is 3.98. The van der Waals surface area contributed by atoms with Crippen LogP contribution < -0.4 is 5.32 Å². The zero-order valence-corrected chi connectivity index (χ0v) is 13.5. The molecule has 1 saturated carbocycles. The van der Waals surface area contributed by atoms with E-state index in [9.17, 15) is 14.7 Å². The van der Waals surface area contributed by atoms with Crippen molar-refractivity contribution in [2.75, 3.05) is 11.5 Å². The van der Waals surface area contributed by atoms with Crippen LogP contribution in [-0.2, 0) is 9.59 Å². The fourth-order valence-corrected chi connectivity index (χ4v) is 4.56. The minimum atomic E-state index is -0.831. The van der Waals surface area contributed by atoms with E-state index in [1.54, 1.807) is 0 Å². The van der Waals surface area contributed by atoms with Gasteiger partial charge in [-0.25, -0.2) is 0 Å². The Morgan fingerprint density at radius 3 is 2.25 bits per heavy atom. The van der Waals surface area contributed by atoms with Crippen LogP contribution in [0.2, 0.25) is 0 Å². The summed E-state index contributed by atoms with van der Waals surface area (Å²) in [5.74, 6) is -0.442. The van der Waals surface area contributed by atoms with Crippen LogP contribution in [0.5, 0.6) is 0 Å². The van der Waals surface area contributed by atoms with Crippen molar-refractivity contribution < 1.29 is 19.8 Å². The molecule has 1 rings (SSSR count). The molecule has 1 aliphatic rings. The van der Waals surface area contributed by atoms with E-state index in [4.69, 9.17) is 5.11 Å². The first-order valence-corrected chi connectivity index (χ1v) is 9.40. The number of aliphatic carboxylic acids is 2. The van der Waals surface area contributed by atoms with Crippen LogP contribution in [0.4, 0.5) is 0 Å². The van der Waals surface area contributed by atoms with Crippen molar-refractivity contribution in [1.82, 2.24) is 5.32 Å². The van der Waals surface area contributed by atoms with Crippen LogP contribution in [0.3, 0.4) is 0 Å². The summed E-state index contributed by atoms with van der Waals surface area (Å²) in [4.78, 5) is 22.1. The van der Waals surface area contributed by atoms with E-state index < -0.39 is 18.0 Å². The highest BCUT2D eigenvalue weighted by Crippen LogP contribution is 2.29. The Morgan fingerprint density at radius 1 is 1.20 bits per heavy atom. The van der Waals surface area contributed by atoms with E-state index in [1.165, 1.54) is 21.6 Å². The molecule has 5 nitrogen and oxygen atoms in total. The second kappa shape index (κ2) is 8.79. The van der Waals surface area contributed by atoms with Gasteiger partial charge in [-0.15, -0.1) is 0 Å². The third kappa shape index (κ3) is 5.54. The number of hydrogen-bond acceptors (Lipinski definition) is 5. The first kappa shape index (κ1) is 17.7. The molecule has 116 valence electrons. The third-order valence-corrected chi connectivity index (χ3v) is 6.25. The predicted octanol–water partition coefficient (Wildman–Crippen LogP) is 2.32. The van der Waals surface area contributed by atoms with Crippen LogP contribution in [0.25, 0.3) is 0 Å². The number of rotatable bonds is 10. The summed E-state index contributed by atoms with van der Waals surface area (Å²) >= 11 is 0. The average molecular weight is 321 g/mol. The van der Waals surface area contributed by atoms with E-state index in [0.29, 0.717) is 29.9 Å². The molecule has 0 aliphatic heterocycles. The molecule has 0 aromatic rings. The van der Waals surface area contributed by atoms with Crippen molar-refractivity contribution in [2.24, 2.45) is 11.8 Å². The van der Waals surface area contributed by atoms with Gasteiger partial charge in [0.1, 0.15) is 6.04 Å². The van der Waals surface area contributed by atoms with Crippen LogP contribution in [-0.4, -0.2) is 45.7 Å². The molecule has 1 fully saturated rings. The highest BCUT2D eigenvalue weighted by Gasteiger charge is 2.31. The van der Waals surface area contributed by atoms with Gasteiger partial charge < -0.3 is 15.5 Å². The molecule has 0 spiro atoms. The normalized spacial score (nSPS) is 24.7. The van der Waals surface area contributed by atoms with E-state index >= 15 is 0 Å². The first-order valence-electron chi connectivity index (χ1n) is 6.91. The van der Waals surface area contributed by atoms with Gasteiger partial charge in [-0.1, -0.05) is 35.4 Å². The second-order valence-corrected chi connectivity index (χ2v) is 7.78. The first-order chi connectivity index (χ1) is 9.45. The maximum atomic E-state index is 11.2.